The van der Waals surface area contributed by atoms with Crippen molar-refractivity contribution >= 4 is 6.09 Å². The SMILES string of the molecule is CCC(CC)(CNCc1cnccn1)NC(=O)OC(C)(C)C. The molecule has 0 bridgehead atoms. The summed E-state index contributed by atoms with van der Waals surface area (Å²) in [6, 6.07) is 0. The molecule has 0 aliphatic carbocycles. The zero-order valence-electron chi connectivity index (χ0n) is 14.3. The Morgan fingerprint density at radius 2 is 1.91 bits per heavy atom. The molecular formula is C16H28N4O2. The average Bonchev–Trinajstić information content (AvgIpc) is 2.45. The highest BCUT2D eigenvalue weighted by Crippen LogP contribution is 2.16. The molecule has 6 nitrogen and oxygen atoms in total. The van der Waals surface area contributed by atoms with Crippen molar-refractivity contribution in [2.24, 2.45) is 0 Å². The van der Waals surface area contributed by atoms with E-state index in [2.05, 4.69) is 34.4 Å². The van der Waals surface area contributed by atoms with Crippen LogP contribution in [0.2, 0.25) is 0 Å². The van der Waals surface area contributed by atoms with Gasteiger partial charge in [-0.25, -0.2) is 4.79 Å². The molecule has 0 radical (unpaired) electrons. The fourth-order valence-corrected chi connectivity index (χ4v) is 2.09. The van der Waals surface area contributed by atoms with E-state index in [1.54, 1.807) is 18.6 Å². The molecule has 1 rings (SSSR count). The van der Waals surface area contributed by atoms with E-state index in [0.717, 1.165) is 18.5 Å². The molecule has 0 aromatic carbocycles. The summed E-state index contributed by atoms with van der Waals surface area (Å²) in [7, 11) is 0. The maximum Gasteiger partial charge on any atom is 0.408 e. The summed E-state index contributed by atoms with van der Waals surface area (Å²) in [6.45, 7) is 11.0. The van der Waals surface area contributed by atoms with Gasteiger partial charge in [-0.05, 0) is 33.6 Å². The monoisotopic (exact) mass is 308 g/mol. The Morgan fingerprint density at radius 3 is 2.41 bits per heavy atom. The zero-order valence-corrected chi connectivity index (χ0v) is 14.3. The van der Waals surface area contributed by atoms with Crippen LogP contribution in [0.5, 0.6) is 0 Å². The van der Waals surface area contributed by atoms with Crippen LogP contribution in [0.25, 0.3) is 0 Å². The molecule has 22 heavy (non-hydrogen) atoms. The van der Waals surface area contributed by atoms with E-state index in [9.17, 15) is 4.79 Å². The second-order valence-corrected chi connectivity index (χ2v) is 6.41. The highest BCUT2D eigenvalue weighted by molar-refractivity contribution is 5.68. The van der Waals surface area contributed by atoms with Gasteiger partial charge in [-0.1, -0.05) is 13.8 Å². The number of carbonyl (C=O) groups is 1. The largest absolute Gasteiger partial charge is 0.444 e. The lowest BCUT2D eigenvalue weighted by Gasteiger charge is -2.34. The van der Waals surface area contributed by atoms with Crippen molar-refractivity contribution in [1.29, 1.82) is 0 Å². The minimum Gasteiger partial charge on any atom is -0.444 e. The highest BCUT2D eigenvalue weighted by atomic mass is 16.6. The van der Waals surface area contributed by atoms with Gasteiger partial charge in [0.05, 0.1) is 11.2 Å². The quantitative estimate of drug-likeness (QED) is 0.810. The number of carbonyl (C=O) groups excluding carboxylic acids is 1. The molecule has 0 aliphatic heterocycles. The number of ether oxygens (including phenoxy) is 1. The van der Waals surface area contributed by atoms with Crippen molar-refractivity contribution in [3.8, 4) is 0 Å². The standard InChI is InChI=1S/C16H28N4O2/c1-6-16(7-2,20-14(21)22-15(3,4)5)12-18-11-13-10-17-8-9-19-13/h8-10,18H,6-7,11-12H2,1-5H3,(H,20,21). The van der Waals surface area contributed by atoms with Gasteiger partial charge in [0.2, 0.25) is 0 Å². The summed E-state index contributed by atoms with van der Waals surface area (Å²) in [6.07, 6.45) is 6.30. The molecule has 1 aromatic heterocycles. The third kappa shape index (κ3) is 6.39. The van der Waals surface area contributed by atoms with Crippen molar-refractivity contribution in [2.45, 2.75) is 65.1 Å². The number of hydrogen-bond donors (Lipinski definition) is 2. The summed E-state index contributed by atoms with van der Waals surface area (Å²) in [5, 5.41) is 6.35. The van der Waals surface area contributed by atoms with E-state index in [4.69, 9.17) is 4.74 Å². The van der Waals surface area contributed by atoms with Crippen LogP contribution in [0.4, 0.5) is 4.79 Å². The van der Waals surface area contributed by atoms with Gasteiger partial charge in [0.25, 0.3) is 0 Å². The zero-order chi connectivity index (χ0) is 16.6. The molecule has 0 spiro atoms. The average molecular weight is 308 g/mol. The van der Waals surface area contributed by atoms with Crippen LogP contribution in [-0.4, -0.2) is 33.7 Å². The molecule has 0 aliphatic rings. The summed E-state index contributed by atoms with van der Waals surface area (Å²) in [5.41, 5.74) is 0.0513. The van der Waals surface area contributed by atoms with Crippen molar-refractivity contribution in [3.05, 3.63) is 24.3 Å². The highest BCUT2D eigenvalue weighted by Gasteiger charge is 2.30. The van der Waals surface area contributed by atoms with Gasteiger partial charge in [0.1, 0.15) is 5.60 Å². The van der Waals surface area contributed by atoms with Crippen LogP contribution >= 0.6 is 0 Å². The first-order chi connectivity index (χ1) is 10.3. The minimum atomic E-state index is -0.496. The summed E-state index contributed by atoms with van der Waals surface area (Å²) >= 11 is 0. The van der Waals surface area contributed by atoms with Crippen LogP contribution < -0.4 is 10.6 Å². The van der Waals surface area contributed by atoms with Crippen molar-refractivity contribution in [3.63, 3.8) is 0 Å². The maximum absolute atomic E-state index is 12.0. The first-order valence-corrected chi connectivity index (χ1v) is 7.77. The summed E-state index contributed by atoms with van der Waals surface area (Å²) in [4.78, 5) is 20.3. The molecule has 124 valence electrons. The van der Waals surface area contributed by atoms with Crippen LogP contribution in [0.1, 0.15) is 53.2 Å². The number of alkyl carbamates (subject to hydrolysis) is 1. The smallest absolute Gasteiger partial charge is 0.408 e. The van der Waals surface area contributed by atoms with Crippen molar-refractivity contribution in [2.75, 3.05) is 6.54 Å². The normalized spacial score (nSPS) is 12.0. The lowest BCUT2D eigenvalue weighted by molar-refractivity contribution is 0.0446. The first kappa shape index (κ1) is 18.4. The first-order valence-electron chi connectivity index (χ1n) is 7.77. The fraction of sp³-hybridized carbons (Fsp3) is 0.688. The van der Waals surface area contributed by atoms with Gasteiger partial charge in [0.15, 0.2) is 0 Å². The van der Waals surface area contributed by atoms with Gasteiger partial charge in [-0.15, -0.1) is 0 Å². The summed E-state index contributed by atoms with van der Waals surface area (Å²) in [5.74, 6) is 0. The molecular weight excluding hydrogens is 280 g/mol. The van der Waals surface area contributed by atoms with Gasteiger partial charge >= 0.3 is 6.09 Å². The predicted octanol–water partition coefficient (Wildman–Crippen LogP) is 2.65. The fourth-order valence-electron chi connectivity index (χ4n) is 2.09. The Balaban J connectivity index is 2.57. The van der Waals surface area contributed by atoms with Gasteiger partial charge in [-0.3, -0.25) is 9.97 Å². The molecule has 1 heterocycles. The third-order valence-electron chi connectivity index (χ3n) is 3.51. The van der Waals surface area contributed by atoms with E-state index in [1.165, 1.54) is 0 Å². The third-order valence-corrected chi connectivity index (χ3v) is 3.51. The van der Waals surface area contributed by atoms with E-state index in [0.29, 0.717) is 13.1 Å². The van der Waals surface area contributed by atoms with E-state index in [-0.39, 0.29) is 11.6 Å². The second-order valence-electron chi connectivity index (χ2n) is 6.41. The summed E-state index contributed by atoms with van der Waals surface area (Å²) < 4.78 is 5.36. The lowest BCUT2D eigenvalue weighted by atomic mass is 9.93. The molecule has 1 amide bonds. The van der Waals surface area contributed by atoms with Crippen molar-refractivity contribution in [1.82, 2.24) is 20.6 Å². The van der Waals surface area contributed by atoms with Crippen LogP contribution in [0, 0.1) is 0 Å². The molecule has 0 saturated carbocycles. The van der Waals surface area contributed by atoms with Crippen molar-refractivity contribution < 1.29 is 9.53 Å². The van der Waals surface area contributed by atoms with Crippen LogP contribution in [-0.2, 0) is 11.3 Å². The second kappa shape index (κ2) is 8.08. The van der Waals surface area contributed by atoms with Crippen LogP contribution in [0.3, 0.4) is 0 Å². The van der Waals surface area contributed by atoms with Crippen LogP contribution in [0.15, 0.2) is 18.6 Å². The number of rotatable bonds is 7. The Bertz CT molecular complexity index is 453. The number of amides is 1. The van der Waals surface area contributed by atoms with E-state index < -0.39 is 5.60 Å². The Kier molecular flexibility index (Phi) is 6.74. The van der Waals surface area contributed by atoms with Gasteiger partial charge in [0, 0.05) is 31.7 Å². The Morgan fingerprint density at radius 1 is 1.23 bits per heavy atom. The molecule has 0 fully saturated rings. The minimum absolute atomic E-state index is 0.329. The molecule has 0 atom stereocenters. The number of nitrogens with zero attached hydrogens (tertiary/aromatic N) is 2. The number of aromatic nitrogens is 2. The maximum atomic E-state index is 12.0. The lowest BCUT2D eigenvalue weighted by Crippen LogP contribution is -2.55. The topological polar surface area (TPSA) is 76.1 Å². The number of hydrogen-bond acceptors (Lipinski definition) is 5. The molecule has 0 saturated heterocycles. The van der Waals surface area contributed by atoms with E-state index in [1.807, 2.05) is 20.8 Å². The van der Waals surface area contributed by atoms with Gasteiger partial charge in [-0.2, -0.15) is 0 Å². The molecule has 0 unspecified atom stereocenters. The van der Waals surface area contributed by atoms with E-state index >= 15 is 0 Å². The molecule has 1 aromatic rings. The Labute approximate surface area is 133 Å². The number of nitrogens with one attached hydrogen (secondary N) is 2. The molecule has 6 heteroatoms. The predicted molar refractivity (Wildman–Crippen MR) is 86.4 cm³/mol. The molecule has 2 N–H and O–H groups in total. The van der Waals surface area contributed by atoms with Gasteiger partial charge < -0.3 is 15.4 Å². The Hall–Kier alpha value is -1.69.